The van der Waals surface area contributed by atoms with Gasteiger partial charge in [0.1, 0.15) is 11.5 Å². The van der Waals surface area contributed by atoms with Crippen LogP contribution in [0.2, 0.25) is 0 Å². The third kappa shape index (κ3) is 5.27. The summed E-state index contributed by atoms with van der Waals surface area (Å²) < 4.78 is 10.7. The number of methoxy groups -OCH3 is 1. The number of rotatable bonds is 8. The molecule has 27 heavy (non-hydrogen) atoms. The number of anilines is 1. The van der Waals surface area contributed by atoms with Gasteiger partial charge in [0, 0.05) is 12.6 Å². The number of thiazole rings is 1. The normalized spacial score (nSPS) is 10.4. The molecule has 3 rings (SSSR count). The fourth-order valence-corrected chi connectivity index (χ4v) is 3.42. The number of aromatic nitrogens is 2. The molecule has 0 aliphatic heterocycles. The van der Waals surface area contributed by atoms with Gasteiger partial charge in [-0.3, -0.25) is 9.78 Å². The molecule has 0 fully saturated rings. The number of aryl methyl sites for hydroxylation is 1. The van der Waals surface area contributed by atoms with Gasteiger partial charge in [0.15, 0.2) is 5.13 Å². The number of hydrogen-bond acceptors (Lipinski definition) is 6. The van der Waals surface area contributed by atoms with Crippen LogP contribution in [0.15, 0.2) is 48.7 Å². The first kappa shape index (κ1) is 18.8. The molecule has 2 heterocycles. The molecule has 0 saturated heterocycles. The van der Waals surface area contributed by atoms with Gasteiger partial charge in [-0.2, -0.15) is 0 Å². The van der Waals surface area contributed by atoms with E-state index in [9.17, 15) is 4.79 Å². The summed E-state index contributed by atoms with van der Waals surface area (Å²) in [7, 11) is 1.62. The van der Waals surface area contributed by atoms with E-state index in [-0.39, 0.29) is 5.91 Å². The van der Waals surface area contributed by atoms with E-state index in [0.29, 0.717) is 24.6 Å². The molecule has 0 aliphatic rings. The second kappa shape index (κ2) is 9.14. The Morgan fingerprint density at radius 2 is 1.93 bits per heavy atom. The molecule has 1 aromatic carbocycles. The maximum atomic E-state index is 12.1. The van der Waals surface area contributed by atoms with Crippen molar-refractivity contribution in [2.45, 2.75) is 19.8 Å². The highest BCUT2D eigenvalue weighted by atomic mass is 32.1. The highest BCUT2D eigenvalue weighted by Gasteiger charge is 2.12. The Hall–Kier alpha value is -2.93. The molecular weight excluding hydrogens is 362 g/mol. The van der Waals surface area contributed by atoms with Gasteiger partial charge in [0.25, 0.3) is 0 Å². The van der Waals surface area contributed by atoms with E-state index < -0.39 is 0 Å². The zero-order valence-electron chi connectivity index (χ0n) is 15.3. The van der Waals surface area contributed by atoms with E-state index in [2.05, 4.69) is 15.3 Å². The standard InChI is InChI=1S/C20H21N3O3S/c1-14-19(17-6-3-4-12-21-17)27-20(22-14)23-18(24)7-5-13-26-16-10-8-15(25-2)9-11-16/h3-4,6,8-12H,5,7,13H2,1-2H3,(H,22,23,24). The van der Waals surface area contributed by atoms with Crippen molar-refractivity contribution in [1.82, 2.24) is 9.97 Å². The molecule has 0 atom stereocenters. The van der Waals surface area contributed by atoms with Crippen molar-refractivity contribution < 1.29 is 14.3 Å². The van der Waals surface area contributed by atoms with Crippen molar-refractivity contribution in [3.8, 4) is 22.1 Å². The fourth-order valence-electron chi connectivity index (χ4n) is 2.46. The SMILES string of the molecule is COc1ccc(OCCCC(=O)Nc2nc(C)c(-c3ccccn3)s2)cc1. The lowest BCUT2D eigenvalue weighted by Crippen LogP contribution is -2.12. The lowest BCUT2D eigenvalue weighted by atomic mass is 10.3. The maximum Gasteiger partial charge on any atom is 0.226 e. The van der Waals surface area contributed by atoms with Gasteiger partial charge in [-0.05, 0) is 49.7 Å². The Morgan fingerprint density at radius 3 is 2.63 bits per heavy atom. The molecule has 0 radical (unpaired) electrons. The van der Waals surface area contributed by atoms with Crippen molar-refractivity contribution in [2.75, 3.05) is 19.0 Å². The van der Waals surface area contributed by atoms with E-state index >= 15 is 0 Å². The molecule has 2 aromatic heterocycles. The molecule has 0 aliphatic carbocycles. The molecule has 0 spiro atoms. The van der Waals surface area contributed by atoms with E-state index in [0.717, 1.165) is 27.8 Å². The number of nitrogens with one attached hydrogen (secondary N) is 1. The Bertz CT molecular complexity index is 879. The molecular formula is C20H21N3O3S. The summed E-state index contributed by atoms with van der Waals surface area (Å²) in [5.41, 5.74) is 1.72. The van der Waals surface area contributed by atoms with Crippen LogP contribution in [0.5, 0.6) is 11.5 Å². The third-order valence-electron chi connectivity index (χ3n) is 3.82. The number of ether oxygens (including phenoxy) is 2. The summed E-state index contributed by atoms with van der Waals surface area (Å²) in [4.78, 5) is 21.9. The molecule has 140 valence electrons. The van der Waals surface area contributed by atoms with E-state index in [1.54, 1.807) is 13.3 Å². The first-order chi connectivity index (χ1) is 13.2. The minimum Gasteiger partial charge on any atom is -0.497 e. The van der Waals surface area contributed by atoms with Crippen LogP contribution in [0.3, 0.4) is 0 Å². The average Bonchev–Trinajstić information content (AvgIpc) is 3.06. The van der Waals surface area contributed by atoms with Crippen LogP contribution in [0.4, 0.5) is 5.13 Å². The predicted molar refractivity (Wildman–Crippen MR) is 106 cm³/mol. The topological polar surface area (TPSA) is 73.3 Å². The molecule has 1 N–H and O–H groups in total. The van der Waals surface area contributed by atoms with E-state index in [4.69, 9.17) is 9.47 Å². The van der Waals surface area contributed by atoms with Gasteiger partial charge in [-0.25, -0.2) is 4.98 Å². The molecule has 3 aromatic rings. The quantitative estimate of drug-likeness (QED) is 0.587. The molecule has 0 saturated carbocycles. The lowest BCUT2D eigenvalue weighted by molar-refractivity contribution is -0.116. The zero-order chi connectivity index (χ0) is 19.1. The van der Waals surface area contributed by atoms with Gasteiger partial charge in [0.05, 0.1) is 30.0 Å². The number of carbonyl (C=O) groups excluding carboxylic acids is 1. The number of hydrogen-bond donors (Lipinski definition) is 1. The molecule has 0 bridgehead atoms. The summed E-state index contributed by atoms with van der Waals surface area (Å²) in [6, 6.07) is 13.1. The number of pyridine rings is 1. The summed E-state index contributed by atoms with van der Waals surface area (Å²) in [5.74, 6) is 1.46. The Labute approximate surface area is 162 Å². The van der Waals surface area contributed by atoms with Crippen molar-refractivity contribution in [3.63, 3.8) is 0 Å². The van der Waals surface area contributed by atoms with Gasteiger partial charge < -0.3 is 14.8 Å². The molecule has 0 unspecified atom stereocenters. The minimum absolute atomic E-state index is 0.0744. The first-order valence-corrected chi connectivity index (χ1v) is 9.43. The first-order valence-electron chi connectivity index (χ1n) is 8.61. The van der Waals surface area contributed by atoms with Crippen LogP contribution in [0.1, 0.15) is 18.5 Å². The maximum absolute atomic E-state index is 12.1. The molecule has 6 nitrogen and oxygen atoms in total. The monoisotopic (exact) mass is 383 g/mol. The van der Waals surface area contributed by atoms with Crippen molar-refractivity contribution in [3.05, 3.63) is 54.4 Å². The number of benzene rings is 1. The van der Waals surface area contributed by atoms with Crippen LogP contribution in [0.25, 0.3) is 10.6 Å². The van der Waals surface area contributed by atoms with Crippen molar-refractivity contribution >= 4 is 22.4 Å². The summed E-state index contributed by atoms with van der Waals surface area (Å²) >= 11 is 1.43. The number of amides is 1. The third-order valence-corrected chi connectivity index (χ3v) is 4.91. The zero-order valence-corrected chi connectivity index (χ0v) is 16.1. The summed E-state index contributed by atoms with van der Waals surface area (Å²) in [6.07, 6.45) is 2.73. The van der Waals surface area contributed by atoms with E-state index in [1.165, 1.54) is 11.3 Å². The molecule has 1 amide bonds. The van der Waals surface area contributed by atoms with Crippen LogP contribution < -0.4 is 14.8 Å². The Morgan fingerprint density at radius 1 is 1.15 bits per heavy atom. The average molecular weight is 383 g/mol. The number of carbonyl (C=O) groups is 1. The molecule has 7 heteroatoms. The Balaban J connectivity index is 1.45. The van der Waals surface area contributed by atoms with Crippen molar-refractivity contribution in [1.29, 1.82) is 0 Å². The van der Waals surface area contributed by atoms with Crippen LogP contribution >= 0.6 is 11.3 Å². The van der Waals surface area contributed by atoms with Crippen molar-refractivity contribution in [2.24, 2.45) is 0 Å². The Kier molecular flexibility index (Phi) is 6.38. The smallest absolute Gasteiger partial charge is 0.226 e. The van der Waals surface area contributed by atoms with Crippen LogP contribution in [-0.4, -0.2) is 29.6 Å². The van der Waals surface area contributed by atoms with Crippen LogP contribution in [0, 0.1) is 6.92 Å². The highest BCUT2D eigenvalue weighted by Crippen LogP contribution is 2.31. The summed E-state index contributed by atoms with van der Waals surface area (Å²) in [5, 5.41) is 3.45. The number of nitrogens with zero attached hydrogens (tertiary/aromatic N) is 2. The van der Waals surface area contributed by atoms with Gasteiger partial charge in [0.2, 0.25) is 5.91 Å². The predicted octanol–water partition coefficient (Wildman–Crippen LogP) is 4.32. The lowest BCUT2D eigenvalue weighted by Gasteiger charge is -2.07. The van der Waals surface area contributed by atoms with Gasteiger partial charge >= 0.3 is 0 Å². The second-order valence-electron chi connectivity index (χ2n) is 5.82. The fraction of sp³-hybridized carbons (Fsp3) is 0.250. The highest BCUT2D eigenvalue weighted by molar-refractivity contribution is 7.19. The van der Waals surface area contributed by atoms with Crippen LogP contribution in [-0.2, 0) is 4.79 Å². The minimum atomic E-state index is -0.0744. The van der Waals surface area contributed by atoms with E-state index in [1.807, 2.05) is 49.4 Å². The largest absolute Gasteiger partial charge is 0.497 e. The second-order valence-corrected chi connectivity index (χ2v) is 6.82. The van der Waals surface area contributed by atoms with Gasteiger partial charge in [-0.15, -0.1) is 0 Å². The van der Waals surface area contributed by atoms with Gasteiger partial charge in [-0.1, -0.05) is 17.4 Å². The summed E-state index contributed by atoms with van der Waals surface area (Å²) in [6.45, 7) is 2.38.